The van der Waals surface area contributed by atoms with Crippen molar-refractivity contribution in [2.75, 3.05) is 37.6 Å². The average molecular weight is 454 g/mol. The van der Waals surface area contributed by atoms with Gasteiger partial charge in [0.15, 0.2) is 0 Å². The lowest BCUT2D eigenvalue weighted by molar-refractivity contribution is 0.244. The monoisotopic (exact) mass is 453 g/mol. The largest absolute Gasteiger partial charge is 0.369 e. The molecule has 0 radical (unpaired) electrons. The molecule has 1 aliphatic rings. The van der Waals surface area contributed by atoms with Gasteiger partial charge < -0.3 is 4.90 Å². The molecule has 3 aromatic rings. The molecule has 0 amide bonds. The first-order valence-electron chi connectivity index (χ1n) is 10.4. The minimum atomic E-state index is -0.612. The van der Waals surface area contributed by atoms with Crippen molar-refractivity contribution in [3.63, 3.8) is 0 Å². The van der Waals surface area contributed by atoms with Crippen LogP contribution in [0.25, 0.3) is 0 Å². The summed E-state index contributed by atoms with van der Waals surface area (Å²) in [6.07, 6.45) is 0.795. The lowest BCUT2D eigenvalue weighted by atomic mass is 9.73. The quantitative estimate of drug-likeness (QED) is 0.489. The van der Waals surface area contributed by atoms with E-state index in [1.807, 2.05) is 36.4 Å². The molecule has 31 heavy (non-hydrogen) atoms. The highest BCUT2D eigenvalue weighted by atomic mass is 35.5. The molecule has 1 fully saturated rings. The molecular weight excluding hydrogens is 425 g/mol. The van der Waals surface area contributed by atoms with Gasteiger partial charge in [-0.25, -0.2) is 0 Å². The number of piperazine rings is 1. The van der Waals surface area contributed by atoms with E-state index in [4.69, 9.17) is 0 Å². The van der Waals surface area contributed by atoms with Gasteiger partial charge in [-0.3, -0.25) is 4.90 Å². The minimum Gasteiger partial charge on any atom is -0.369 e. The first-order chi connectivity index (χ1) is 14.3. The topological polar surface area (TPSA) is 30.3 Å². The third kappa shape index (κ3) is 5.60. The Hall–Kier alpha value is -2.51. The number of nitriles is 1. The van der Waals surface area contributed by atoms with Crippen LogP contribution in [0.1, 0.15) is 17.5 Å². The molecule has 1 aliphatic heterocycles. The lowest BCUT2D eigenvalue weighted by Crippen LogP contribution is -2.47. The zero-order chi connectivity index (χ0) is 19.9. The molecule has 3 aromatic carbocycles. The summed E-state index contributed by atoms with van der Waals surface area (Å²) < 4.78 is 0. The zero-order valence-electron chi connectivity index (χ0n) is 17.6. The van der Waals surface area contributed by atoms with Crippen molar-refractivity contribution in [3.8, 4) is 6.07 Å². The maximum atomic E-state index is 10.3. The van der Waals surface area contributed by atoms with Crippen LogP contribution in [0.3, 0.4) is 0 Å². The fraction of sp³-hybridized carbons (Fsp3) is 0.269. The first kappa shape index (κ1) is 24.8. The Morgan fingerprint density at radius 2 is 1.13 bits per heavy atom. The SMILES string of the molecule is Cl.Cl.N#CC(CCN1CCN(c2ccccc2)CC1)(c1ccccc1)c1ccccc1. The smallest absolute Gasteiger partial charge is 0.108 e. The van der Waals surface area contributed by atoms with E-state index in [0.717, 1.165) is 50.3 Å². The Balaban J connectivity index is 0.00000171. The van der Waals surface area contributed by atoms with Crippen molar-refractivity contribution >= 4 is 30.5 Å². The average Bonchev–Trinajstić information content (AvgIpc) is 2.82. The van der Waals surface area contributed by atoms with Crippen molar-refractivity contribution in [3.05, 3.63) is 102 Å². The summed E-state index contributed by atoms with van der Waals surface area (Å²) in [7, 11) is 0. The number of para-hydroxylation sites is 1. The van der Waals surface area contributed by atoms with Crippen LogP contribution < -0.4 is 4.90 Å². The predicted octanol–water partition coefficient (Wildman–Crippen LogP) is 5.55. The van der Waals surface area contributed by atoms with Crippen LogP contribution in [0.4, 0.5) is 5.69 Å². The van der Waals surface area contributed by atoms with Crippen LogP contribution in [-0.2, 0) is 5.41 Å². The van der Waals surface area contributed by atoms with Gasteiger partial charge in [-0.05, 0) is 29.7 Å². The van der Waals surface area contributed by atoms with Crippen LogP contribution in [0.2, 0.25) is 0 Å². The highest BCUT2D eigenvalue weighted by Crippen LogP contribution is 2.35. The van der Waals surface area contributed by atoms with Crippen molar-refractivity contribution in [2.24, 2.45) is 0 Å². The molecule has 0 bridgehead atoms. The van der Waals surface area contributed by atoms with Crippen LogP contribution in [0, 0.1) is 11.3 Å². The number of rotatable bonds is 6. The number of hydrogen-bond acceptors (Lipinski definition) is 3. The molecule has 0 spiro atoms. The number of hydrogen-bond donors (Lipinski definition) is 0. The van der Waals surface area contributed by atoms with Crippen molar-refractivity contribution in [1.29, 1.82) is 5.26 Å². The summed E-state index contributed by atoms with van der Waals surface area (Å²) in [6.45, 7) is 5.03. The Morgan fingerprint density at radius 1 is 0.677 bits per heavy atom. The maximum Gasteiger partial charge on any atom is 0.108 e. The van der Waals surface area contributed by atoms with Crippen LogP contribution in [-0.4, -0.2) is 37.6 Å². The Kier molecular flexibility index (Phi) is 9.40. The van der Waals surface area contributed by atoms with Gasteiger partial charge in [0.2, 0.25) is 0 Å². The van der Waals surface area contributed by atoms with E-state index in [1.54, 1.807) is 0 Å². The van der Waals surface area contributed by atoms with E-state index in [0.29, 0.717) is 0 Å². The van der Waals surface area contributed by atoms with E-state index in [-0.39, 0.29) is 24.8 Å². The normalized spacial score (nSPS) is 14.1. The third-order valence-electron chi connectivity index (χ3n) is 6.02. The van der Waals surface area contributed by atoms with Crippen LogP contribution >= 0.6 is 24.8 Å². The van der Waals surface area contributed by atoms with Gasteiger partial charge in [-0.15, -0.1) is 24.8 Å². The second-order valence-electron chi connectivity index (χ2n) is 7.66. The molecule has 0 saturated carbocycles. The van der Waals surface area contributed by atoms with Gasteiger partial charge in [-0.1, -0.05) is 78.9 Å². The molecule has 1 heterocycles. The van der Waals surface area contributed by atoms with Crippen LogP contribution in [0.5, 0.6) is 0 Å². The van der Waals surface area contributed by atoms with Gasteiger partial charge >= 0.3 is 0 Å². The van der Waals surface area contributed by atoms with Gasteiger partial charge in [0, 0.05) is 38.4 Å². The summed E-state index contributed by atoms with van der Waals surface area (Å²) >= 11 is 0. The van der Waals surface area contributed by atoms with E-state index >= 15 is 0 Å². The number of anilines is 1. The lowest BCUT2D eigenvalue weighted by Gasteiger charge is -2.38. The van der Waals surface area contributed by atoms with Crippen molar-refractivity contribution < 1.29 is 0 Å². The third-order valence-corrected chi connectivity index (χ3v) is 6.02. The highest BCUT2D eigenvalue weighted by molar-refractivity contribution is 5.85. The zero-order valence-corrected chi connectivity index (χ0v) is 19.2. The van der Waals surface area contributed by atoms with E-state index < -0.39 is 5.41 Å². The molecule has 0 aliphatic carbocycles. The molecule has 162 valence electrons. The van der Waals surface area contributed by atoms with Crippen molar-refractivity contribution in [2.45, 2.75) is 11.8 Å². The highest BCUT2D eigenvalue weighted by Gasteiger charge is 2.35. The first-order valence-corrected chi connectivity index (χ1v) is 10.4. The molecule has 3 nitrogen and oxygen atoms in total. The molecule has 0 aromatic heterocycles. The second-order valence-corrected chi connectivity index (χ2v) is 7.66. The molecule has 0 unspecified atom stereocenters. The molecule has 1 saturated heterocycles. The van der Waals surface area contributed by atoms with E-state index in [1.165, 1.54) is 5.69 Å². The Bertz CT molecular complexity index is 895. The molecular formula is C26H29Cl2N3. The summed E-state index contributed by atoms with van der Waals surface area (Å²) in [4.78, 5) is 4.94. The van der Waals surface area contributed by atoms with E-state index in [2.05, 4.69) is 70.5 Å². The fourth-order valence-corrected chi connectivity index (χ4v) is 4.28. The molecule has 5 heteroatoms. The molecule has 4 rings (SSSR count). The Morgan fingerprint density at radius 3 is 1.58 bits per heavy atom. The van der Waals surface area contributed by atoms with Gasteiger partial charge in [0.1, 0.15) is 5.41 Å². The molecule has 0 N–H and O–H groups in total. The Labute approximate surface area is 198 Å². The van der Waals surface area contributed by atoms with Gasteiger partial charge in [0.05, 0.1) is 6.07 Å². The summed E-state index contributed by atoms with van der Waals surface area (Å²) in [5.74, 6) is 0. The van der Waals surface area contributed by atoms with Gasteiger partial charge in [-0.2, -0.15) is 5.26 Å². The summed E-state index contributed by atoms with van der Waals surface area (Å²) in [5.41, 5.74) is 2.85. The standard InChI is InChI=1S/C26H27N3.2ClH/c27-22-26(23-10-4-1-5-11-23,24-12-6-2-7-13-24)16-17-28-18-20-29(21-19-28)25-14-8-3-9-15-25;;/h1-15H,16-21H2;2*1H. The predicted molar refractivity (Wildman–Crippen MR) is 133 cm³/mol. The second kappa shape index (κ2) is 11.8. The van der Waals surface area contributed by atoms with Crippen molar-refractivity contribution in [1.82, 2.24) is 4.90 Å². The fourth-order valence-electron chi connectivity index (χ4n) is 4.28. The molecule has 0 atom stereocenters. The minimum absolute atomic E-state index is 0. The summed E-state index contributed by atoms with van der Waals surface area (Å²) in [5, 5.41) is 10.3. The summed E-state index contributed by atoms with van der Waals surface area (Å²) in [6, 6.07) is 33.8. The van der Waals surface area contributed by atoms with E-state index in [9.17, 15) is 5.26 Å². The maximum absolute atomic E-state index is 10.3. The van der Waals surface area contributed by atoms with Gasteiger partial charge in [0.25, 0.3) is 0 Å². The number of benzene rings is 3. The number of nitrogens with zero attached hydrogens (tertiary/aromatic N) is 3. The van der Waals surface area contributed by atoms with Crippen LogP contribution in [0.15, 0.2) is 91.0 Å². The number of halogens is 2.